The molecule has 0 atom stereocenters. The Morgan fingerprint density at radius 3 is 2.64 bits per heavy atom. The van der Waals surface area contributed by atoms with Gasteiger partial charge < -0.3 is 10.6 Å². The molecule has 2 amide bonds. The van der Waals surface area contributed by atoms with Crippen molar-refractivity contribution in [2.24, 2.45) is 0 Å². The number of nitrogens with one attached hydrogen (secondary N) is 2. The van der Waals surface area contributed by atoms with Gasteiger partial charge in [0.25, 0.3) is 5.91 Å². The minimum Gasteiger partial charge on any atom is -0.355 e. The summed E-state index contributed by atoms with van der Waals surface area (Å²) in [4.78, 5) is 22.8. The first-order chi connectivity index (χ1) is 12.1. The van der Waals surface area contributed by atoms with Crippen LogP contribution in [-0.4, -0.2) is 39.9 Å². The van der Waals surface area contributed by atoms with Crippen LogP contribution in [-0.2, 0) is 11.3 Å². The van der Waals surface area contributed by atoms with Gasteiger partial charge in [0.2, 0.25) is 5.91 Å². The zero-order valence-electron chi connectivity index (χ0n) is 13.9. The lowest BCUT2D eigenvalue weighted by Crippen LogP contribution is -2.33. The molecule has 0 bridgehead atoms. The lowest BCUT2D eigenvalue weighted by atomic mass is 10.0. The van der Waals surface area contributed by atoms with Crippen LogP contribution in [0.4, 0.5) is 0 Å². The molecule has 2 N–H and O–H groups in total. The topological polar surface area (TPSA) is 88.9 Å². The third kappa shape index (κ3) is 4.20. The number of benzene rings is 2. The van der Waals surface area contributed by atoms with Gasteiger partial charge in [0, 0.05) is 20.0 Å². The predicted molar refractivity (Wildman–Crippen MR) is 94.1 cm³/mol. The van der Waals surface area contributed by atoms with E-state index in [-0.39, 0.29) is 17.5 Å². The molecule has 0 aliphatic carbocycles. The summed E-state index contributed by atoms with van der Waals surface area (Å²) in [6.45, 7) is 2.69. The monoisotopic (exact) mass is 337 g/mol. The van der Waals surface area contributed by atoms with E-state index < -0.39 is 0 Å². The lowest BCUT2D eigenvalue weighted by molar-refractivity contribution is -0.118. The summed E-state index contributed by atoms with van der Waals surface area (Å²) in [7, 11) is 0. The second-order valence-electron chi connectivity index (χ2n) is 5.68. The molecule has 128 valence electrons. The molecule has 0 fully saturated rings. The van der Waals surface area contributed by atoms with Gasteiger partial charge in [-0.05, 0) is 16.3 Å². The summed E-state index contributed by atoms with van der Waals surface area (Å²) in [6.07, 6.45) is 1.62. The number of hydrogen-bond acceptors (Lipinski definition) is 4. The number of carbonyl (C=O) groups is 2. The van der Waals surface area contributed by atoms with Crippen LogP contribution in [0.15, 0.2) is 48.7 Å². The molecule has 7 heteroatoms. The van der Waals surface area contributed by atoms with Crippen LogP contribution in [0.2, 0.25) is 0 Å². The summed E-state index contributed by atoms with van der Waals surface area (Å²) in [5.41, 5.74) is 1.36. The maximum Gasteiger partial charge on any atom is 0.273 e. The fraction of sp³-hybridized carbons (Fsp3) is 0.222. The molecule has 3 aromatic rings. The maximum atomic E-state index is 12.0. The Kier molecular flexibility index (Phi) is 5.03. The van der Waals surface area contributed by atoms with Crippen molar-refractivity contribution >= 4 is 22.6 Å². The number of nitrogens with zero attached hydrogens (tertiary/aromatic N) is 3. The van der Waals surface area contributed by atoms with Crippen LogP contribution < -0.4 is 10.6 Å². The van der Waals surface area contributed by atoms with E-state index in [0.29, 0.717) is 19.6 Å². The van der Waals surface area contributed by atoms with Crippen molar-refractivity contribution in [3.8, 4) is 0 Å². The van der Waals surface area contributed by atoms with E-state index in [9.17, 15) is 9.59 Å². The van der Waals surface area contributed by atoms with Gasteiger partial charge in [-0.2, -0.15) is 0 Å². The first-order valence-corrected chi connectivity index (χ1v) is 8.03. The smallest absolute Gasteiger partial charge is 0.273 e. The first-order valence-electron chi connectivity index (χ1n) is 8.03. The highest BCUT2D eigenvalue weighted by molar-refractivity contribution is 5.91. The number of fused-ring (bicyclic) bond motifs is 1. The van der Waals surface area contributed by atoms with Crippen molar-refractivity contribution < 1.29 is 9.59 Å². The highest BCUT2D eigenvalue weighted by Crippen LogP contribution is 2.19. The van der Waals surface area contributed by atoms with E-state index in [1.54, 1.807) is 10.9 Å². The van der Waals surface area contributed by atoms with Crippen molar-refractivity contribution in [2.75, 3.05) is 13.1 Å². The molecule has 1 heterocycles. The van der Waals surface area contributed by atoms with Gasteiger partial charge in [-0.15, -0.1) is 5.10 Å². The van der Waals surface area contributed by atoms with Crippen molar-refractivity contribution in [1.82, 2.24) is 25.6 Å². The van der Waals surface area contributed by atoms with E-state index in [1.807, 2.05) is 24.3 Å². The molecular weight excluding hydrogens is 318 g/mol. The number of rotatable bonds is 6. The molecular formula is C18H19N5O2. The molecule has 0 unspecified atom stereocenters. The second-order valence-corrected chi connectivity index (χ2v) is 5.68. The molecule has 0 radical (unpaired) electrons. The van der Waals surface area contributed by atoms with Crippen molar-refractivity contribution in [3.05, 3.63) is 59.9 Å². The highest BCUT2D eigenvalue weighted by Gasteiger charge is 2.11. The molecule has 0 saturated heterocycles. The number of carbonyl (C=O) groups excluding carboxylic acids is 2. The number of hydrogen-bond donors (Lipinski definition) is 2. The van der Waals surface area contributed by atoms with E-state index in [1.165, 1.54) is 6.92 Å². The Bertz CT molecular complexity index is 898. The van der Waals surface area contributed by atoms with Gasteiger partial charge in [0.05, 0.1) is 12.7 Å². The molecule has 1 aromatic heterocycles. The van der Waals surface area contributed by atoms with Gasteiger partial charge in [0.15, 0.2) is 5.69 Å². The van der Waals surface area contributed by atoms with Crippen LogP contribution in [0.25, 0.3) is 10.8 Å². The Balaban J connectivity index is 1.65. The summed E-state index contributed by atoms with van der Waals surface area (Å²) >= 11 is 0. The third-order valence-corrected chi connectivity index (χ3v) is 3.77. The van der Waals surface area contributed by atoms with Crippen LogP contribution in [0, 0.1) is 0 Å². The summed E-state index contributed by atoms with van der Waals surface area (Å²) in [5.74, 6) is -0.440. The fourth-order valence-electron chi connectivity index (χ4n) is 2.59. The van der Waals surface area contributed by atoms with Crippen LogP contribution >= 0.6 is 0 Å². The Hall–Kier alpha value is -3.22. The van der Waals surface area contributed by atoms with E-state index >= 15 is 0 Å². The zero-order chi connectivity index (χ0) is 17.6. The number of aromatic nitrogens is 3. The molecule has 0 aliphatic rings. The van der Waals surface area contributed by atoms with Gasteiger partial charge in [-0.1, -0.05) is 47.7 Å². The zero-order valence-corrected chi connectivity index (χ0v) is 13.9. The van der Waals surface area contributed by atoms with E-state index in [4.69, 9.17) is 0 Å². The summed E-state index contributed by atoms with van der Waals surface area (Å²) in [5, 5.41) is 15.6. The molecule has 7 nitrogen and oxygen atoms in total. The van der Waals surface area contributed by atoms with Gasteiger partial charge in [-0.25, -0.2) is 4.68 Å². The largest absolute Gasteiger partial charge is 0.355 e. The quantitative estimate of drug-likeness (QED) is 0.665. The molecule has 25 heavy (non-hydrogen) atoms. The third-order valence-electron chi connectivity index (χ3n) is 3.77. The molecule has 3 rings (SSSR count). The molecule has 0 spiro atoms. The predicted octanol–water partition coefficient (Wildman–Crippen LogP) is 1.35. The van der Waals surface area contributed by atoms with Crippen LogP contribution in [0.3, 0.4) is 0 Å². The van der Waals surface area contributed by atoms with Crippen LogP contribution in [0.1, 0.15) is 23.0 Å². The first kappa shape index (κ1) is 16.6. The fourth-order valence-corrected chi connectivity index (χ4v) is 2.59. The van der Waals surface area contributed by atoms with Crippen LogP contribution in [0.5, 0.6) is 0 Å². The van der Waals surface area contributed by atoms with Gasteiger partial charge >= 0.3 is 0 Å². The lowest BCUT2D eigenvalue weighted by Gasteiger charge is -2.06. The minimum atomic E-state index is -0.311. The summed E-state index contributed by atoms with van der Waals surface area (Å²) < 4.78 is 1.64. The van der Waals surface area contributed by atoms with Crippen molar-refractivity contribution in [3.63, 3.8) is 0 Å². The number of amides is 2. The average molecular weight is 337 g/mol. The molecule has 0 saturated carbocycles. The van der Waals surface area contributed by atoms with Gasteiger partial charge in [0.1, 0.15) is 0 Å². The van der Waals surface area contributed by atoms with Crippen molar-refractivity contribution in [1.29, 1.82) is 0 Å². The van der Waals surface area contributed by atoms with Crippen molar-refractivity contribution in [2.45, 2.75) is 13.5 Å². The minimum absolute atomic E-state index is 0.129. The standard InChI is InChI=1S/C18H19N5O2/c1-13(24)19-9-10-20-18(25)17-12-23(22-21-17)11-15-7-4-6-14-5-2-3-8-16(14)15/h2-8,12H,9-11H2,1H3,(H,19,24)(H,20,25). The van der Waals surface area contributed by atoms with E-state index in [0.717, 1.165) is 16.3 Å². The summed E-state index contributed by atoms with van der Waals surface area (Å²) in [6, 6.07) is 14.2. The normalized spacial score (nSPS) is 10.6. The Morgan fingerprint density at radius 2 is 1.80 bits per heavy atom. The highest BCUT2D eigenvalue weighted by atomic mass is 16.2. The maximum absolute atomic E-state index is 12.0. The molecule has 0 aliphatic heterocycles. The average Bonchev–Trinajstić information content (AvgIpc) is 3.07. The Morgan fingerprint density at radius 1 is 1.04 bits per heavy atom. The second kappa shape index (κ2) is 7.57. The van der Waals surface area contributed by atoms with Gasteiger partial charge in [-0.3, -0.25) is 9.59 Å². The van der Waals surface area contributed by atoms with E-state index in [2.05, 4.69) is 39.1 Å². The Labute approximate surface area is 145 Å². The SMILES string of the molecule is CC(=O)NCCNC(=O)c1cn(Cc2cccc3ccccc23)nn1. The molecule has 2 aromatic carbocycles.